The smallest absolute Gasteiger partial charge is 0.349 e. The number of benzene rings is 1. The summed E-state index contributed by atoms with van der Waals surface area (Å²) in [6.07, 6.45) is -1.37. The molecule has 0 spiro atoms. The summed E-state index contributed by atoms with van der Waals surface area (Å²) in [6.45, 7) is 1.17. The highest BCUT2D eigenvalue weighted by molar-refractivity contribution is 5.79. The maximum absolute atomic E-state index is 11.0. The highest BCUT2D eigenvalue weighted by Gasteiger charge is 2.28. The molecular weight excluding hydrogens is 228 g/mol. The van der Waals surface area contributed by atoms with Crippen molar-refractivity contribution >= 4 is 11.9 Å². The van der Waals surface area contributed by atoms with E-state index in [0.29, 0.717) is 17.1 Å². The molecule has 1 heterocycles. The summed E-state index contributed by atoms with van der Waals surface area (Å²) >= 11 is 0. The minimum Gasteiger partial charge on any atom is -0.478 e. The quantitative estimate of drug-likeness (QED) is 0.794. The number of carbonyl (C=O) groups excluding carboxylic acids is 1. The van der Waals surface area contributed by atoms with Crippen LogP contribution in [0.1, 0.15) is 18.6 Å². The van der Waals surface area contributed by atoms with Crippen LogP contribution in [0.15, 0.2) is 18.2 Å². The van der Waals surface area contributed by atoms with Gasteiger partial charge in [0.15, 0.2) is 0 Å². The molecule has 0 aromatic heterocycles. The fourth-order valence-corrected chi connectivity index (χ4v) is 1.52. The Kier molecular flexibility index (Phi) is 2.86. The van der Waals surface area contributed by atoms with Gasteiger partial charge in [0.1, 0.15) is 11.5 Å². The second kappa shape index (κ2) is 4.32. The van der Waals surface area contributed by atoms with E-state index in [1.807, 2.05) is 0 Å². The molecule has 1 aromatic rings. The number of esters is 1. The maximum atomic E-state index is 11.0. The van der Waals surface area contributed by atoms with E-state index in [9.17, 15) is 9.59 Å². The van der Waals surface area contributed by atoms with Crippen LogP contribution < -0.4 is 9.47 Å². The molecular formula is C11H10O6. The Balaban J connectivity index is 2.36. The van der Waals surface area contributed by atoms with Gasteiger partial charge in [0.2, 0.25) is 12.9 Å². The number of rotatable bonds is 3. The van der Waals surface area contributed by atoms with E-state index in [1.54, 1.807) is 12.1 Å². The van der Waals surface area contributed by atoms with E-state index in [2.05, 4.69) is 0 Å². The van der Waals surface area contributed by atoms with Crippen LogP contribution in [0, 0.1) is 0 Å². The zero-order chi connectivity index (χ0) is 12.4. The summed E-state index contributed by atoms with van der Waals surface area (Å²) in [6, 6.07) is 4.66. The highest BCUT2D eigenvalue weighted by atomic mass is 16.7. The monoisotopic (exact) mass is 238 g/mol. The average molecular weight is 238 g/mol. The minimum absolute atomic E-state index is 0.0153. The lowest BCUT2D eigenvalue weighted by Crippen LogP contribution is -2.20. The van der Waals surface area contributed by atoms with E-state index < -0.39 is 18.0 Å². The van der Waals surface area contributed by atoms with E-state index in [4.69, 9.17) is 19.3 Å². The Labute approximate surface area is 96.7 Å². The standard InChI is InChI=1S/C11H10O6/c1-6(12)17-10(11(13)14)8-3-2-7-4-9(8)16-5-15-7/h2-4,10H,5H2,1H3,(H,13,14). The first-order chi connectivity index (χ1) is 8.08. The first-order valence-corrected chi connectivity index (χ1v) is 4.87. The zero-order valence-corrected chi connectivity index (χ0v) is 9.00. The lowest BCUT2D eigenvalue weighted by molar-refractivity contribution is -0.163. The van der Waals surface area contributed by atoms with Gasteiger partial charge in [-0.05, 0) is 12.1 Å². The van der Waals surface area contributed by atoms with Crippen LogP contribution >= 0.6 is 0 Å². The molecule has 0 fully saturated rings. The van der Waals surface area contributed by atoms with Gasteiger partial charge >= 0.3 is 11.9 Å². The summed E-state index contributed by atoms with van der Waals surface area (Å²) in [5, 5.41) is 9.02. The van der Waals surface area contributed by atoms with Crippen molar-refractivity contribution < 1.29 is 28.9 Å². The minimum atomic E-state index is -1.37. The number of carbonyl (C=O) groups is 2. The highest BCUT2D eigenvalue weighted by Crippen LogP contribution is 2.34. The Morgan fingerprint density at radius 1 is 1.41 bits per heavy atom. The van der Waals surface area contributed by atoms with Crippen molar-refractivity contribution in [3.63, 3.8) is 0 Å². The van der Waals surface area contributed by atoms with Crippen LogP contribution in [0.4, 0.5) is 0 Å². The van der Waals surface area contributed by atoms with Gasteiger partial charge in [0, 0.05) is 18.6 Å². The Morgan fingerprint density at radius 2 is 2.18 bits per heavy atom. The third-order valence-corrected chi connectivity index (χ3v) is 2.22. The summed E-state index contributed by atoms with van der Waals surface area (Å²) in [5.41, 5.74) is 0.291. The van der Waals surface area contributed by atoms with Gasteiger partial charge in [-0.1, -0.05) is 0 Å². The number of hydrogen-bond donors (Lipinski definition) is 1. The lowest BCUT2D eigenvalue weighted by atomic mass is 10.1. The van der Waals surface area contributed by atoms with Crippen molar-refractivity contribution in [1.82, 2.24) is 0 Å². The average Bonchev–Trinajstić information content (AvgIpc) is 2.27. The normalized spacial score (nSPS) is 14.2. The number of carboxylic acid groups (broad SMARTS) is 1. The zero-order valence-electron chi connectivity index (χ0n) is 9.00. The van der Waals surface area contributed by atoms with E-state index >= 15 is 0 Å². The molecule has 1 aromatic carbocycles. The summed E-state index contributed by atoms with van der Waals surface area (Å²) in [7, 11) is 0. The van der Waals surface area contributed by atoms with Crippen LogP contribution in [0.2, 0.25) is 0 Å². The molecule has 6 nitrogen and oxygen atoms in total. The molecule has 0 saturated carbocycles. The van der Waals surface area contributed by atoms with Crippen molar-refractivity contribution in [3.05, 3.63) is 23.8 Å². The Bertz CT molecular complexity index is 467. The van der Waals surface area contributed by atoms with Gasteiger partial charge in [-0.2, -0.15) is 0 Å². The first kappa shape index (κ1) is 11.3. The fraction of sp³-hybridized carbons (Fsp3) is 0.273. The number of ether oxygens (including phenoxy) is 3. The Hall–Kier alpha value is -2.24. The molecule has 2 bridgehead atoms. The Morgan fingerprint density at radius 3 is 2.82 bits per heavy atom. The predicted molar refractivity (Wildman–Crippen MR) is 54.7 cm³/mol. The van der Waals surface area contributed by atoms with E-state index in [0.717, 1.165) is 6.92 Å². The van der Waals surface area contributed by atoms with Crippen LogP contribution in [0.3, 0.4) is 0 Å². The number of aliphatic carboxylic acids is 1. The van der Waals surface area contributed by atoms with Gasteiger partial charge in [0.05, 0.1) is 0 Å². The van der Waals surface area contributed by atoms with Gasteiger partial charge in [0.25, 0.3) is 0 Å². The first-order valence-electron chi connectivity index (χ1n) is 4.87. The fourth-order valence-electron chi connectivity index (χ4n) is 1.52. The molecule has 0 saturated heterocycles. The number of fused-ring (bicyclic) bond motifs is 2. The molecule has 6 heteroatoms. The second-order valence-corrected chi connectivity index (χ2v) is 3.43. The van der Waals surface area contributed by atoms with Gasteiger partial charge in [-0.3, -0.25) is 4.79 Å². The largest absolute Gasteiger partial charge is 0.478 e. The van der Waals surface area contributed by atoms with Crippen molar-refractivity contribution in [2.45, 2.75) is 13.0 Å². The summed E-state index contributed by atoms with van der Waals surface area (Å²) in [5.74, 6) is -0.982. The van der Waals surface area contributed by atoms with E-state index in [1.165, 1.54) is 6.07 Å². The molecule has 17 heavy (non-hydrogen) atoms. The van der Waals surface area contributed by atoms with Crippen molar-refractivity contribution in [3.8, 4) is 11.5 Å². The molecule has 1 N–H and O–H groups in total. The predicted octanol–water partition coefficient (Wildman–Crippen LogP) is 1.10. The van der Waals surface area contributed by atoms with Crippen molar-refractivity contribution in [2.24, 2.45) is 0 Å². The van der Waals surface area contributed by atoms with Crippen molar-refractivity contribution in [2.75, 3.05) is 6.79 Å². The molecule has 90 valence electrons. The molecule has 1 aliphatic rings. The molecule has 2 rings (SSSR count). The lowest BCUT2D eigenvalue weighted by Gasteiger charge is -2.21. The summed E-state index contributed by atoms with van der Waals surface area (Å²) in [4.78, 5) is 21.9. The van der Waals surface area contributed by atoms with Gasteiger partial charge in [-0.25, -0.2) is 4.79 Å². The SMILES string of the molecule is CC(=O)OC(C(=O)O)c1ccc2cc1OCO2. The van der Waals surface area contributed by atoms with Gasteiger partial charge < -0.3 is 19.3 Å². The van der Waals surface area contributed by atoms with Gasteiger partial charge in [-0.15, -0.1) is 0 Å². The van der Waals surface area contributed by atoms with Crippen LogP contribution in [0.25, 0.3) is 0 Å². The topological polar surface area (TPSA) is 82.1 Å². The van der Waals surface area contributed by atoms with Crippen molar-refractivity contribution in [1.29, 1.82) is 0 Å². The molecule has 0 radical (unpaired) electrons. The molecule has 0 amide bonds. The van der Waals surface area contributed by atoms with Crippen LogP contribution in [0.5, 0.6) is 11.5 Å². The molecule has 1 unspecified atom stereocenters. The van der Waals surface area contributed by atoms with Crippen LogP contribution in [-0.4, -0.2) is 23.8 Å². The number of hydrogen-bond acceptors (Lipinski definition) is 5. The molecule has 1 atom stereocenters. The number of carboxylic acids is 1. The molecule has 1 aliphatic heterocycles. The second-order valence-electron chi connectivity index (χ2n) is 3.43. The maximum Gasteiger partial charge on any atom is 0.349 e. The van der Waals surface area contributed by atoms with Crippen LogP contribution in [-0.2, 0) is 14.3 Å². The van der Waals surface area contributed by atoms with E-state index in [-0.39, 0.29) is 6.79 Å². The summed E-state index contributed by atoms with van der Waals surface area (Å²) < 4.78 is 15.0. The third-order valence-electron chi connectivity index (χ3n) is 2.22. The molecule has 0 aliphatic carbocycles. The third kappa shape index (κ3) is 2.30.